The number of fused-ring (bicyclic) bond motifs is 1. The molecule has 0 saturated carbocycles. The van der Waals surface area contributed by atoms with E-state index in [9.17, 15) is 4.79 Å². The lowest BCUT2D eigenvalue weighted by Gasteiger charge is -2.16. The van der Waals surface area contributed by atoms with E-state index in [1.165, 1.54) is 0 Å². The van der Waals surface area contributed by atoms with Gasteiger partial charge < -0.3 is 10.1 Å². The van der Waals surface area contributed by atoms with Crippen molar-refractivity contribution in [1.82, 2.24) is 5.32 Å². The van der Waals surface area contributed by atoms with Crippen LogP contribution in [0.4, 0.5) is 0 Å². The molecule has 0 aliphatic rings. The molecule has 146 valence electrons. The van der Waals surface area contributed by atoms with Gasteiger partial charge in [-0.3, -0.25) is 4.79 Å². The molecule has 3 nitrogen and oxygen atoms in total. The third kappa shape index (κ3) is 5.57. The van der Waals surface area contributed by atoms with E-state index in [4.69, 9.17) is 27.9 Å². The van der Waals surface area contributed by atoms with Gasteiger partial charge in [0.05, 0.1) is 0 Å². The van der Waals surface area contributed by atoms with Crippen LogP contribution in [0.3, 0.4) is 0 Å². The molecule has 0 radical (unpaired) electrons. The van der Waals surface area contributed by atoms with Crippen LogP contribution < -0.4 is 10.1 Å². The number of rotatable bonds is 8. The highest BCUT2D eigenvalue weighted by atomic mass is 35.5. The molecule has 0 aliphatic heterocycles. The first kappa shape index (κ1) is 20.8. The summed E-state index contributed by atoms with van der Waals surface area (Å²) in [6.45, 7) is 2.33. The number of carbonyl (C=O) groups excluding carboxylic acids is 1. The van der Waals surface area contributed by atoms with Crippen LogP contribution >= 0.6 is 35.0 Å². The van der Waals surface area contributed by atoms with E-state index in [1.54, 1.807) is 24.8 Å². The predicted octanol–water partition coefficient (Wildman–Crippen LogP) is 5.96. The fraction of sp³-hybridized carbons (Fsp3) is 0.227. The van der Waals surface area contributed by atoms with E-state index in [2.05, 4.69) is 5.32 Å². The number of benzene rings is 3. The summed E-state index contributed by atoms with van der Waals surface area (Å²) in [7, 11) is 0. The van der Waals surface area contributed by atoms with Crippen LogP contribution in [0.25, 0.3) is 10.8 Å². The molecule has 0 heterocycles. The molecule has 0 unspecified atom stereocenters. The van der Waals surface area contributed by atoms with Gasteiger partial charge in [0.15, 0.2) is 6.10 Å². The minimum Gasteiger partial charge on any atom is -0.480 e. The van der Waals surface area contributed by atoms with E-state index in [-0.39, 0.29) is 5.91 Å². The van der Waals surface area contributed by atoms with Crippen molar-refractivity contribution < 1.29 is 9.53 Å². The van der Waals surface area contributed by atoms with Crippen molar-refractivity contribution in [3.63, 3.8) is 0 Å². The maximum atomic E-state index is 12.3. The minimum atomic E-state index is -0.568. The second-order valence-corrected chi connectivity index (χ2v) is 8.27. The maximum Gasteiger partial charge on any atom is 0.260 e. The molecule has 0 aliphatic carbocycles. The monoisotopic (exact) mass is 433 g/mol. The van der Waals surface area contributed by atoms with Crippen LogP contribution in [0.15, 0.2) is 60.7 Å². The normalized spacial score (nSPS) is 12.0. The van der Waals surface area contributed by atoms with Gasteiger partial charge in [-0.15, -0.1) is 0 Å². The second kappa shape index (κ2) is 10.1. The number of amides is 1. The number of halogens is 2. The molecule has 28 heavy (non-hydrogen) atoms. The molecule has 0 saturated heterocycles. The Morgan fingerprint density at radius 1 is 1.11 bits per heavy atom. The van der Waals surface area contributed by atoms with Crippen molar-refractivity contribution in [2.45, 2.75) is 18.8 Å². The molecule has 0 fully saturated rings. The smallest absolute Gasteiger partial charge is 0.260 e. The summed E-state index contributed by atoms with van der Waals surface area (Å²) in [5.74, 6) is 2.14. The van der Waals surface area contributed by atoms with Gasteiger partial charge in [-0.1, -0.05) is 65.7 Å². The van der Waals surface area contributed by atoms with Gasteiger partial charge in [-0.25, -0.2) is 0 Å². The van der Waals surface area contributed by atoms with E-state index in [0.717, 1.165) is 27.8 Å². The van der Waals surface area contributed by atoms with Crippen LogP contribution in [0, 0.1) is 0 Å². The highest BCUT2D eigenvalue weighted by Gasteiger charge is 2.15. The van der Waals surface area contributed by atoms with Gasteiger partial charge in [0.25, 0.3) is 5.91 Å². The molecule has 3 aromatic carbocycles. The highest BCUT2D eigenvalue weighted by Crippen LogP contribution is 2.26. The molecular weight excluding hydrogens is 413 g/mol. The van der Waals surface area contributed by atoms with E-state index in [0.29, 0.717) is 22.3 Å². The molecule has 1 atom stereocenters. The summed E-state index contributed by atoms with van der Waals surface area (Å²) in [5.41, 5.74) is 1.04. The third-order valence-corrected chi connectivity index (χ3v) is 5.84. The number of thioether (sulfide) groups is 1. The first-order valence-electron chi connectivity index (χ1n) is 8.98. The van der Waals surface area contributed by atoms with Crippen LogP contribution in [0.5, 0.6) is 5.75 Å². The second-order valence-electron chi connectivity index (χ2n) is 6.32. The van der Waals surface area contributed by atoms with Crippen molar-refractivity contribution in [3.8, 4) is 5.75 Å². The molecule has 1 amide bonds. The van der Waals surface area contributed by atoms with Crippen molar-refractivity contribution in [1.29, 1.82) is 0 Å². The lowest BCUT2D eigenvalue weighted by Crippen LogP contribution is -2.37. The Morgan fingerprint density at radius 3 is 2.71 bits per heavy atom. The number of nitrogens with one attached hydrogen (secondary N) is 1. The standard InChI is InChI=1S/C22H21Cl2NO2S/c1-15(27-21-8-4-6-16-5-2-3-7-19(16)21)22(26)25-11-12-28-14-17-9-10-18(23)13-20(17)24/h2-10,13,15H,11-12,14H2,1H3,(H,25,26)/t15-/m0/s1. The zero-order valence-corrected chi connectivity index (χ0v) is 17.8. The van der Waals surface area contributed by atoms with Gasteiger partial charge in [0.2, 0.25) is 0 Å². The Morgan fingerprint density at radius 2 is 1.89 bits per heavy atom. The lowest BCUT2D eigenvalue weighted by molar-refractivity contribution is -0.127. The van der Waals surface area contributed by atoms with Crippen molar-refractivity contribution in [2.75, 3.05) is 12.3 Å². The molecular formula is C22H21Cl2NO2S. The SMILES string of the molecule is C[C@H](Oc1cccc2ccccc12)C(=O)NCCSCc1ccc(Cl)cc1Cl. The molecule has 0 spiro atoms. The van der Waals surface area contributed by atoms with Gasteiger partial charge in [-0.2, -0.15) is 11.8 Å². The molecule has 1 N–H and O–H groups in total. The summed E-state index contributed by atoms with van der Waals surface area (Å²) >= 11 is 13.8. The zero-order valence-electron chi connectivity index (χ0n) is 15.5. The summed E-state index contributed by atoms with van der Waals surface area (Å²) in [6.07, 6.45) is -0.568. The number of hydrogen-bond acceptors (Lipinski definition) is 3. The van der Waals surface area contributed by atoms with Crippen LogP contribution in [0.2, 0.25) is 10.0 Å². The Balaban J connectivity index is 1.44. The molecule has 3 rings (SSSR count). The summed E-state index contributed by atoms with van der Waals surface area (Å²) in [5, 5.41) is 6.31. The van der Waals surface area contributed by atoms with Gasteiger partial charge >= 0.3 is 0 Å². The molecule has 0 bridgehead atoms. The van der Waals surface area contributed by atoms with Crippen molar-refractivity contribution in [3.05, 3.63) is 76.3 Å². The molecule has 6 heteroatoms. The summed E-state index contributed by atoms with van der Waals surface area (Å²) in [4.78, 5) is 12.3. The van der Waals surface area contributed by atoms with E-state index in [1.807, 2.05) is 54.6 Å². The first-order valence-corrected chi connectivity index (χ1v) is 10.9. The fourth-order valence-electron chi connectivity index (χ4n) is 2.75. The average molecular weight is 434 g/mol. The Bertz CT molecular complexity index is 959. The summed E-state index contributed by atoms with van der Waals surface area (Å²) in [6, 6.07) is 19.3. The quantitative estimate of drug-likeness (QED) is 0.445. The average Bonchev–Trinajstić information content (AvgIpc) is 2.69. The van der Waals surface area contributed by atoms with Gasteiger partial charge in [-0.05, 0) is 36.1 Å². The van der Waals surface area contributed by atoms with Crippen LogP contribution in [-0.2, 0) is 10.5 Å². The number of carbonyl (C=O) groups is 1. The Labute approximate surface area is 179 Å². The molecule has 3 aromatic rings. The first-order chi connectivity index (χ1) is 13.5. The maximum absolute atomic E-state index is 12.3. The van der Waals surface area contributed by atoms with Gasteiger partial charge in [0.1, 0.15) is 5.75 Å². The number of ether oxygens (including phenoxy) is 1. The molecule has 0 aromatic heterocycles. The van der Waals surface area contributed by atoms with E-state index < -0.39 is 6.10 Å². The fourth-order valence-corrected chi connectivity index (χ4v) is 4.17. The topological polar surface area (TPSA) is 38.3 Å². The largest absolute Gasteiger partial charge is 0.480 e. The highest BCUT2D eigenvalue weighted by molar-refractivity contribution is 7.98. The minimum absolute atomic E-state index is 0.127. The predicted molar refractivity (Wildman–Crippen MR) is 120 cm³/mol. The van der Waals surface area contributed by atoms with Crippen molar-refractivity contribution >= 4 is 51.6 Å². The number of hydrogen-bond donors (Lipinski definition) is 1. The van der Waals surface area contributed by atoms with Crippen molar-refractivity contribution in [2.24, 2.45) is 0 Å². The van der Waals surface area contributed by atoms with Crippen LogP contribution in [0.1, 0.15) is 12.5 Å². The zero-order chi connectivity index (χ0) is 19.9. The van der Waals surface area contributed by atoms with E-state index >= 15 is 0 Å². The third-order valence-electron chi connectivity index (χ3n) is 4.24. The van der Waals surface area contributed by atoms with Gasteiger partial charge in [0, 0.05) is 33.5 Å². The van der Waals surface area contributed by atoms with Crippen LogP contribution in [-0.4, -0.2) is 24.3 Å². The Hall–Kier alpha value is -1.88. The lowest BCUT2D eigenvalue weighted by atomic mass is 10.1. The Kier molecular flexibility index (Phi) is 7.49. The summed E-state index contributed by atoms with van der Waals surface area (Å²) < 4.78 is 5.89.